The highest BCUT2D eigenvalue weighted by Crippen LogP contribution is 2.33. The van der Waals surface area contributed by atoms with E-state index in [0.717, 1.165) is 22.7 Å². The largest absolute Gasteiger partial charge is 0.480 e. The van der Waals surface area contributed by atoms with Crippen LogP contribution in [-0.4, -0.2) is 39.5 Å². The molecule has 1 aliphatic rings. The van der Waals surface area contributed by atoms with Crippen molar-refractivity contribution < 1.29 is 14.7 Å². The van der Waals surface area contributed by atoms with E-state index in [1.807, 2.05) is 17.5 Å². The molecule has 5 nitrogen and oxygen atoms in total. The third-order valence-electron chi connectivity index (χ3n) is 3.28. The lowest BCUT2D eigenvalue weighted by Gasteiger charge is -2.19. The third kappa shape index (κ3) is 3.66. The van der Waals surface area contributed by atoms with Gasteiger partial charge >= 0.3 is 5.97 Å². The number of carboxylic acids is 1. The van der Waals surface area contributed by atoms with E-state index in [9.17, 15) is 9.59 Å². The maximum atomic E-state index is 12.3. The van der Waals surface area contributed by atoms with Gasteiger partial charge in [0.2, 0.25) is 5.91 Å². The molecule has 0 saturated heterocycles. The number of amides is 1. The van der Waals surface area contributed by atoms with Crippen LogP contribution in [-0.2, 0) is 16.0 Å². The van der Waals surface area contributed by atoms with Crippen LogP contribution < -0.4 is 0 Å². The fourth-order valence-electron chi connectivity index (χ4n) is 2.14. The summed E-state index contributed by atoms with van der Waals surface area (Å²) in [5, 5.41) is 11.6. The molecule has 1 fully saturated rings. The Morgan fingerprint density at radius 1 is 1.41 bits per heavy atom. The van der Waals surface area contributed by atoms with Crippen LogP contribution in [0, 0.1) is 0 Å². The molecule has 1 saturated carbocycles. The van der Waals surface area contributed by atoms with Crippen molar-refractivity contribution >= 4 is 46.2 Å². The number of nitrogens with zero attached hydrogens (tertiary/aromatic N) is 2. The van der Waals surface area contributed by atoms with Crippen molar-refractivity contribution in [2.45, 2.75) is 25.3 Å². The first-order valence-electron chi connectivity index (χ1n) is 6.74. The number of carbonyl (C=O) groups excluding carboxylic acids is 1. The third-order valence-corrected chi connectivity index (χ3v) is 5.57. The van der Waals surface area contributed by atoms with E-state index in [4.69, 9.17) is 16.7 Å². The Morgan fingerprint density at radius 3 is 2.77 bits per heavy atom. The smallest absolute Gasteiger partial charge is 0.323 e. The predicted octanol–water partition coefficient (Wildman–Crippen LogP) is 3.14. The Hall–Kier alpha value is -1.44. The summed E-state index contributed by atoms with van der Waals surface area (Å²) in [6, 6.07) is 3.80. The molecule has 3 rings (SSSR count). The van der Waals surface area contributed by atoms with Crippen molar-refractivity contribution in [2.75, 3.05) is 6.54 Å². The first kappa shape index (κ1) is 15.5. The molecular formula is C14H13ClN2O3S2. The lowest BCUT2D eigenvalue weighted by atomic mass is 10.3. The minimum atomic E-state index is -0.979. The van der Waals surface area contributed by atoms with Gasteiger partial charge in [-0.2, -0.15) is 0 Å². The van der Waals surface area contributed by atoms with Crippen molar-refractivity contribution in [3.63, 3.8) is 0 Å². The second-order valence-corrected chi connectivity index (χ2v) is 7.64. The Bertz CT molecular complexity index is 709. The van der Waals surface area contributed by atoms with E-state index in [-0.39, 0.29) is 24.9 Å². The van der Waals surface area contributed by atoms with Crippen LogP contribution in [0.25, 0.3) is 9.88 Å². The highest BCUT2D eigenvalue weighted by Gasteiger charge is 2.33. The van der Waals surface area contributed by atoms with E-state index >= 15 is 0 Å². The van der Waals surface area contributed by atoms with Gasteiger partial charge in [-0.25, -0.2) is 4.98 Å². The minimum Gasteiger partial charge on any atom is -0.480 e. The number of carbonyl (C=O) groups is 2. The Balaban J connectivity index is 1.68. The van der Waals surface area contributed by atoms with Crippen molar-refractivity contribution in [3.05, 3.63) is 27.5 Å². The molecule has 0 aliphatic heterocycles. The van der Waals surface area contributed by atoms with Gasteiger partial charge in [0.25, 0.3) is 0 Å². The summed E-state index contributed by atoms with van der Waals surface area (Å²) in [5.74, 6) is -1.15. The second-order valence-electron chi connectivity index (χ2n) is 5.07. The maximum Gasteiger partial charge on any atom is 0.323 e. The van der Waals surface area contributed by atoms with Crippen LogP contribution in [0.3, 0.4) is 0 Å². The highest BCUT2D eigenvalue weighted by atomic mass is 35.5. The molecular weight excluding hydrogens is 344 g/mol. The van der Waals surface area contributed by atoms with E-state index < -0.39 is 5.97 Å². The number of thiophene rings is 1. The lowest BCUT2D eigenvalue weighted by Crippen LogP contribution is -2.38. The lowest BCUT2D eigenvalue weighted by molar-refractivity contribution is -0.144. The molecule has 0 bridgehead atoms. The topological polar surface area (TPSA) is 70.5 Å². The molecule has 8 heteroatoms. The maximum absolute atomic E-state index is 12.3. The summed E-state index contributed by atoms with van der Waals surface area (Å²) in [7, 11) is 0. The Kier molecular flexibility index (Phi) is 4.46. The molecule has 0 spiro atoms. The average molecular weight is 357 g/mol. The van der Waals surface area contributed by atoms with Crippen LogP contribution in [0.15, 0.2) is 17.5 Å². The van der Waals surface area contributed by atoms with E-state index in [0.29, 0.717) is 10.0 Å². The summed E-state index contributed by atoms with van der Waals surface area (Å²) in [6.45, 7) is -0.235. The quantitative estimate of drug-likeness (QED) is 0.863. The van der Waals surface area contributed by atoms with Crippen molar-refractivity contribution in [2.24, 2.45) is 0 Å². The molecule has 116 valence electrons. The summed E-state index contributed by atoms with van der Waals surface area (Å²) < 4.78 is 0.698. The molecule has 1 aliphatic carbocycles. The van der Waals surface area contributed by atoms with E-state index in [1.165, 1.54) is 27.6 Å². The fourth-order valence-corrected chi connectivity index (χ4v) is 4.07. The number of halogens is 1. The monoisotopic (exact) mass is 356 g/mol. The zero-order valence-corrected chi connectivity index (χ0v) is 13.9. The molecule has 0 unspecified atom stereocenters. The first-order chi connectivity index (χ1) is 10.5. The van der Waals surface area contributed by atoms with Gasteiger partial charge in [-0.1, -0.05) is 11.6 Å². The average Bonchev–Trinajstić information content (AvgIpc) is 3.04. The normalized spacial score (nSPS) is 14.0. The van der Waals surface area contributed by atoms with Crippen LogP contribution >= 0.6 is 34.3 Å². The van der Waals surface area contributed by atoms with Crippen molar-refractivity contribution in [1.82, 2.24) is 9.88 Å². The zero-order valence-electron chi connectivity index (χ0n) is 11.5. The molecule has 2 aromatic rings. The Labute approximate surface area is 140 Å². The van der Waals surface area contributed by atoms with Gasteiger partial charge in [0, 0.05) is 11.4 Å². The van der Waals surface area contributed by atoms with Gasteiger partial charge in [-0.05, 0) is 25.0 Å². The van der Waals surface area contributed by atoms with Gasteiger partial charge in [-0.15, -0.1) is 22.7 Å². The van der Waals surface area contributed by atoms with E-state index in [2.05, 4.69) is 4.98 Å². The van der Waals surface area contributed by atoms with Crippen molar-refractivity contribution in [1.29, 1.82) is 0 Å². The molecule has 2 aromatic heterocycles. The molecule has 22 heavy (non-hydrogen) atoms. The van der Waals surface area contributed by atoms with Crippen LogP contribution in [0.2, 0.25) is 4.34 Å². The number of hydrogen-bond acceptors (Lipinski definition) is 5. The van der Waals surface area contributed by atoms with Gasteiger partial charge in [0.1, 0.15) is 11.6 Å². The SMILES string of the molecule is O=C(O)CN(C(=O)Cc1csc(-c2ccc(Cl)s2)n1)C1CC1. The van der Waals surface area contributed by atoms with Gasteiger partial charge in [0.15, 0.2) is 0 Å². The second kappa shape index (κ2) is 6.36. The van der Waals surface area contributed by atoms with Crippen LogP contribution in [0.5, 0.6) is 0 Å². The zero-order chi connectivity index (χ0) is 15.7. The van der Waals surface area contributed by atoms with Gasteiger partial charge in [-0.3, -0.25) is 9.59 Å². The molecule has 0 atom stereocenters. The number of rotatable bonds is 6. The summed E-state index contributed by atoms with van der Waals surface area (Å²) in [5.41, 5.74) is 0.672. The fraction of sp³-hybridized carbons (Fsp3) is 0.357. The predicted molar refractivity (Wildman–Crippen MR) is 86.5 cm³/mol. The Morgan fingerprint density at radius 2 is 2.18 bits per heavy atom. The van der Waals surface area contributed by atoms with Crippen LogP contribution in [0.4, 0.5) is 0 Å². The van der Waals surface area contributed by atoms with Crippen molar-refractivity contribution in [3.8, 4) is 9.88 Å². The molecule has 1 N–H and O–H groups in total. The van der Waals surface area contributed by atoms with Crippen LogP contribution in [0.1, 0.15) is 18.5 Å². The first-order valence-corrected chi connectivity index (χ1v) is 8.81. The summed E-state index contributed by atoms with van der Waals surface area (Å²) in [6.07, 6.45) is 1.91. The standard InChI is InChI=1S/C14H13ClN2O3S2/c15-11-4-3-10(22-11)14-16-8(7-21-14)5-12(18)17(6-13(19)20)9-1-2-9/h3-4,7,9H,1-2,5-6H2,(H,19,20). The van der Waals surface area contributed by atoms with Gasteiger partial charge in [0.05, 0.1) is 21.3 Å². The molecule has 0 radical (unpaired) electrons. The molecule has 1 amide bonds. The number of hydrogen-bond donors (Lipinski definition) is 1. The number of aliphatic carboxylic acids is 1. The molecule has 2 heterocycles. The van der Waals surface area contributed by atoms with Gasteiger partial charge < -0.3 is 10.0 Å². The number of thiazole rings is 1. The van der Waals surface area contributed by atoms with E-state index in [1.54, 1.807) is 0 Å². The number of carboxylic acid groups (broad SMARTS) is 1. The highest BCUT2D eigenvalue weighted by molar-refractivity contribution is 7.23. The minimum absolute atomic E-state index is 0.0813. The number of aromatic nitrogens is 1. The molecule has 0 aromatic carbocycles. The summed E-state index contributed by atoms with van der Waals surface area (Å²) >= 11 is 8.82. The summed E-state index contributed by atoms with van der Waals surface area (Å²) in [4.78, 5) is 30.0.